The van der Waals surface area contributed by atoms with Gasteiger partial charge in [-0.1, -0.05) is 23.7 Å². The molecule has 1 aromatic carbocycles. The predicted octanol–water partition coefficient (Wildman–Crippen LogP) is 2.39. The van der Waals surface area contributed by atoms with Crippen LogP contribution in [0.15, 0.2) is 18.2 Å². The van der Waals surface area contributed by atoms with Crippen molar-refractivity contribution in [1.82, 2.24) is 0 Å². The van der Waals surface area contributed by atoms with Crippen LogP contribution in [0, 0.1) is 6.92 Å². The summed E-state index contributed by atoms with van der Waals surface area (Å²) >= 11 is 6.09. The highest BCUT2D eigenvalue weighted by Crippen LogP contribution is 2.27. The molecule has 0 amide bonds. The molecule has 0 spiro atoms. The Morgan fingerprint density at radius 2 is 2.14 bits per heavy atom. The molecular weight excluding hydrogens is 196 g/mol. The molecule has 1 aromatic rings. The molecule has 0 aromatic heterocycles. The quantitative estimate of drug-likeness (QED) is 0.805. The van der Waals surface area contributed by atoms with E-state index in [1.54, 1.807) is 0 Å². The summed E-state index contributed by atoms with van der Waals surface area (Å²) in [5.41, 5.74) is 13.7. The molecule has 0 aliphatic rings. The maximum absolute atomic E-state index is 6.09. The van der Waals surface area contributed by atoms with Gasteiger partial charge in [0, 0.05) is 11.1 Å². The number of nitrogens with two attached hydrogens (primary N) is 2. The first-order chi connectivity index (χ1) is 6.66. The first-order valence-corrected chi connectivity index (χ1v) is 5.25. The predicted molar refractivity (Wildman–Crippen MR) is 61.4 cm³/mol. The minimum absolute atomic E-state index is 0.00671. The number of hydrogen-bond acceptors (Lipinski definition) is 2. The Balaban J connectivity index is 2.82. The van der Waals surface area contributed by atoms with Gasteiger partial charge in [0.1, 0.15) is 0 Å². The average Bonchev–Trinajstić information content (AvgIpc) is 2.14. The van der Waals surface area contributed by atoms with Crippen molar-refractivity contribution in [3.05, 3.63) is 34.3 Å². The Kier molecular flexibility index (Phi) is 4.39. The van der Waals surface area contributed by atoms with Gasteiger partial charge in [0.15, 0.2) is 0 Å². The Bertz CT molecular complexity index is 279. The van der Waals surface area contributed by atoms with E-state index in [1.165, 1.54) is 0 Å². The summed E-state index contributed by atoms with van der Waals surface area (Å²) in [4.78, 5) is 0. The lowest BCUT2D eigenvalue weighted by atomic mass is 9.98. The minimum Gasteiger partial charge on any atom is -0.330 e. The van der Waals surface area contributed by atoms with Gasteiger partial charge in [-0.2, -0.15) is 0 Å². The Morgan fingerprint density at radius 1 is 1.43 bits per heavy atom. The number of halogens is 1. The van der Waals surface area contributed by atoms with Gasteiger partial charge in [-0.3, -0.25) is 0 Å². The Hall–Kier alpha value is -0.570. The molecule has 1 rings (SSSR count). The maximum Gasteiger partial charge on any atom is 0.0456 e. The van der Waals surface area contributed by atoms with E-state index in [4.69, 9.17) is 23.1 Å². The summed E-state index contributed by atoms with van der Waals surface area (Å²) in [6.07, 6.45) is 1.83. The van der Waals surface area contributed by atoms with Crippen LogP contribution >= 0.6 is 11.6 Å². The molecule has 0 fully saturated rings. The van der Waals surface area contributed by atoms with Gasteiger partial charge in [-0.15, -0.1) is 0 Å². The van der Waals surface area contributed by atoms with Crippen molar-refractivity contribution in [3.8, 4) is 0 Å². The van der Waals surface area contributed by atoms with E-state index in [1.807, 2.05) is 25.1 Å². The molecule has 0 saturated carbocycles. The normalized spacial score (nSPS) is 12.9. The van der Waals surface area contributed by atoms with Crippen molar-refractivity contribution in [2.75, 3.05) is 6.54 Å². The summed E-state index contributed by atoms with van der Waals surface area (Å²) in [6, 6.07) is 5.86. The molecule has 0 unspecified atom stereocenters. The van der Waals surface area contributed by atoms with Gasteiger partial charge >= 0.3 is 0 Å². The minimum atomic E-state index is 0.00671. The van der Waals surface area contributed by atoms with Gasteiger partial charge in [0.25, 0.3) is 0 Å². The average molecular weight is 213 g/mol. The molecule has 78 valence electrons. The highest BCUT2D eigenvalue weighted by Gasteiger charge is 2.11. The Labute approximate surface area is 90.2 Å². The summed E-state index contributed by atoms with van der Waals surface area (Å²) < 4.78 is 0. The lowest BCUT2D eigenvalue weighted by Crippen LogP contribution is -2.14. The molecule has 0 aliphatic carbocycles. The first-order valence-electron chi connectivity index (χ1n) is 4.87. The fourth-order valence-corrected chi connectivity index (χ4v) is 1.96. The molecule has 0 saturated heterocycles. The number of aryl methyl sites for hydroxylation is 1. The molecule has 4 N–H and O–H groups in total. The van der Waals surface area contributed by atoms with Crippen LogP contribution in [0.2, 0.25) is 5.02 Å². The second-order valence-electron chi connectivity index (χ2n) is 3.51. The SMILES string of the molecule is Cc1cccc(Cl)c1[C@@H](N)CCCN. The van der Waals surface area contributed by atoms with Crippen LogP contribution in [0.1, 0.15) is 30.0 Å². The van der Waals surface area contributed by atoms with Crippen LogP contribution in [0.25, 0.3) is 0 Å². The zero-order valence-corrected chi connectivity index (χ0v) is 9.22. The standard InChI is InChI=1S/C11H17ClN2/c1-8-4-2-5-9(12)11(8)10(14)6-3-7-13/h2,4-5,10H,3,6-7,13-14H2,1H3/t10-/m0/s1. The van der Waals surface area contributed by atoms with Crippen LogP contribution in [0.4, 0.5) is 0 Å². The van der Waals surface area contributed by atoms with Crippen molar-refractivity contribution >= 4 is 11.6 Å². The van der Waals surface area contributed by atoms with Crippen LogP contribution in [-0.2, 0) is 0 Å². The van der Waals surface area contributed by atoms with Gasteiger partial charge in [-0.25, -0.2) is 0 Å². The Morgan fingerprint density at radius 3 is 2.71 bits per heavy atom. The van der Waals surface area contributed by atoms with Crippen LogP contribution < -0.4 is 11.5 Å². The van der Waals surface area contributed by atoms with Crippen LogP contribution in [0.3, 0.4) is 0 Å². The second-order valence-corrected chi connectivity index (χ2v) is 3.92. The molecule has 2 nitrogen and oxygen atoms in total. The largest absolute Gasteiger partial charge is 0.330 e. The van der Waals surface area contributed by atoms with Crippen molar-refractivity contribution in [3.63, 3.8) is 0 Å². The van der Waals surface area contributed by atoms with Crippen LogP contribution in [-0.4, -0.2) is 6.54 Å². The molecule has 0 aliphatic heterocycles. The van der Waals surface area contributed by atoms with E-state index in [0.29, 0.717) is 6.54 Å². The van der Waals surface area contributed by atoms with Crippen LogP contribution in [0.5, 0.6) is 0 Å². The lowest BCUT2D eigenvalue weighted by Gasteiger charge is -2.15. The van der Waals surface area contributed by atoms with E-state index < -0.39 is 0 Å². The fraction of sp³-hybridized carbons (Fsp3) is 0.455. The molecule has 0 radical (unpaired) electrons. The maximum atomic E-state index is 6.09. The smallest absolute Gasteiger partial charge is 0.0456 e. The van der Waals surface area contributed by atoms with Gasteiger partial charge < -0.3 is 11.5 Å². The van der Waals surface area contributed by atoms with Gasteiger partial charge in [0.2, 0.25) is 0 Å². The molecular formula is C11H17ClN2. The zero-order chi connectivity index (χ0) is 10.6. The van der Waals surface area contributed by atoms with Gasteiger partial charge in [0.05, 0.1) is 0 Å². The fourth-order valence-electron chi connectivity index (χ4n) is 1.60. The molecule has 14 heavy (non-hydrogen) atoms. The highest BCUT2D eigenvalue weighted by atomic mass is 35.5. The van der Waals surface area contributed by atoms with Crippen molar-refractivity contribution in [2.45, 2.75) is 25.8 Å². The third kappa shape index (κ3) is 2.71. The second kappa shape index (κ2) is 5.35. The summed E-state index contributed by atoms with van der Waals surface area (Å²) in [5, 5.41) is 0.759. The molecule has 3 heteroatoms. The molecule has 1 atom stereocenters. The van der Waals surface area contributed by atoms with E-state index in [9.17, 15) is 0 Å². The van der Waals surface area contributed by atoms with Crippen molar-refractivity contribution in [1.29, 1.82) is 0 Å². The third-order valence-corrected chi connectivity index (χ3v) is 2.69. The zero-order valence-electron chi connectivity index (χ0n) is 8.46. The monoisotopic (exact) mass is 212 g/mol. The number of benzene rings is 1. The third-order valence-electron chi connectivity index (χ3n) is 2.36. The van der Waals surface area contributed by atoms with Gasteiger partial charge in [-0.05, 0) is 43.5 Å². The van der Waals surface area contributed by atoms with Crippen molar-refractivity contribution in [2.24, 2.45) is 11.5 Å². The number of hydrogen-bond donors (Lipinski definition) is 2. The van der Waals surface area contributed by atoms with Crippen molar-refractivity contribution < 1.29 is 0 Å². The summed E-state index contributed by atoms with van der Waals surface area (Å²) in [6.45, 7) is 2.71. The molecule has 0 heterocycles. The van der Waals surface area contributed by atoms with E-state index in [-0.39, 0.29) is 6.04 Å². The topological polar surface area (TPSA) is 52.0 Å². The lowest BCUT2D eigenvalue weighted by molar-refractivity contribution is 0.615. The van der Waals surface area contributed by atoms with E-state index in [0.717, 1.165) is 29.0 Å². The van der Waals surface area contributed by atoms with E-state index in [2.05, 4.69) is 0 Å². The number of rotatable bonds is 4. The summed E-state index contributed by atoms with van der Waals surface area (Å²) in [7, 11) is 0. The summed E-state index contributed by atoms with van der Waals surface area (Å²) in [5.74, 6) is 0. The van der Waals surface area contributed by atoms with E-state index >= 15 is 0 Å². The molecule has 0 bridgehead atoms. The first kappa shape index (κ1) is 11.5. The highest BCUT2D eigenvalue weighted by molar-refractivity contribution is 6.31.